The molecule has 3 nitrogen and oxygen atoms in total. The van der Waals surface area contributed by atoms with Crippen LogP contribution in [-0.4, -0.2) is 18.2 Å². The number of carbonyl (C=O) groups is 1. The Kier molecular flexibility index (Phi) is 4.33. The summed E-state index contributed by atoms with van der Waals surface area (Å²) in [5, 5.41) is 9.22. The van der Waals surface area contributed by atoms with Crippen molar-refractivity contribution in [3.63, 3.8) is 0 Å². The van der Waals surface area contributed by atoms with Crippen molar-refractivity contribution in [3.05, 3.63) is 29.6 Å². The van der Waals surface area contributed by atoms with E-state index in [0.717, 1.165) is 0 Å². The Labute approximate surface area is 107 Å². The number of methoxy groups -OCH3 is 1. The van der Waals surface area contributed by atoms with Gasteiger partial charge in [-0.3, -0.25) is 4.79 Å². The lowest BCUT2D eigenvalue weighted by molar-refractivity contribution is -0.145. The van der Waals surface area contributed by atoms with Crippen molar-refractivity contribution in [3.8, 4) is 5.75 Å². The average Bonchev–Trinajstić information content (AvgIpc) is 2.24. The third kappa shape index (κ3) is 3.45. The standard InChI is InChI=1S/C14H19FO3/c1-14(2,3)10(13(16)17)7-9-5-6-12(18-4)11(15)8-9/h5-6,8,10H,7H2,1-4H3,(H,16,17). The molecular weight excluding hydrogens is 235 g/mol. The van der Waals surface area contributed by atoms with Crippen LogP contribution < -0.4 is 4.74 Å². The summed E-state index contributed by atoms with van der Waals surface area (Å²) in [4.78, 5) is 11.2. The first-order valence-electron chi connectivity index (χ1n) is 5.81. The molecule has 0 aliphatic carbocycles. The van der Waals surface area contributed by atoms with E-state index in [1.807, 2.05) is 20.8 Å². The highest BCUT2D eigenvalue weighted by molar-refractivity contribution is 5.71. The predicted octanol–water partition coefficient (Wildman–Crippen LogP) is 3.12. The van der Waals surface area contributed by atoms with Gasteiger partial charge in [-0.1, -0.05) is 26.8 Å². The van der Waals surface area contributed by atoms with Crippen molar-refractivity contribution in [2.45, 2.75) is 27.2 Å². The number of benzene rings is 1. The van der Waals surface area contributed by atoms with Gasteiger partial charge in [0.05, 0.1) is 13.0 Å². The number of carboxylic acids is 1. The van der Waals surface area contributed by atoms with Crippen LogP contribution >= 0.6 is 0 Å². The minimum absolute atomic E-state index is 0.168. The fraction of sp³-hybridized carbons (Fsp3) is 0.500. The third-order valence-electron chi connectivity index (χ3n) is 3.00. The Balaban J connectivity index is 2.95. The Morgan fingerprint density at radius 2 is 2.06 bits per heavy atom. The monoisotopic (exact) mass is 254 g/mol. The summed E-state index contributed by atoms with van der Waals surface area (Å²) in [5.74, 6) is -1.71. The molecule has 0 heterocycles. The van der Waals surface area contributed by atoms with Crippen molar-refractivity contribution in [1.29, 1.82) is 0 Å². The maximum absolute atomic E-state index is 13.5. The minimum atomic E-state index is -0.862. The molecule has 0 spiro atoms. The zero-order chi connectivity index (χ0) is 13.9. The van der Waals surface area contributed by atoms with E-state index in [9.17, 15) is 14.3 Å². The molecule has 0 aliphatic rings. The molecule has 0 aromatic heterocycles. The molecule has 1 N–H and O–H groups in total. The SMILES string of the molecule is COc1ccc(CC(C(=O)O)C(C)(C)C)cc1F. The first-order valence-corrected chi connectivity index (χ1v) is 5.81. The summed E-state index contributed by atoms with van der Waals surface area (Å²) in [7, 11) is 1.40. The number of hydrogen-bond acceptors (Lipinski definition) is 2. The molecule has 0 saturated carbocycles. The fourth-order valence-electron chi connectivity index (χ4n) is 1.84. The molecule has 18 heavy (non-hydrogen) atoms. The quantitative estimate of drug-likeness (QED) is 0.898. The van der Waals surface area contributed by atoms with Crippen LogP contribution in [0.1, 0.15) is 26.3 Å². The second-order valence-electron chi connectivity index (χ2n) is 5.43. The smallest absolute Gasteiger partial charge is 0.307 e. The van der Waals surface area contributed by atoms with Crippen LogP contribution in [-0.2, 0) is 11.2 Å². The minimum Gasteiger partial charge on any atom is -0.494 e. The largest absolute Gasteiger partial charge is 0.494 e. The van der Waals surface area contributed by atoms with E-state index >= 15 is 0 Å². The van der Waals surface area contributed by atoms with E-state index in [2.05, 4.69) is 0 Å². The second kappa shape index (κ2) is 5.38. The number of carboxylic acid groups (broad SMARTS) is 1. The lowest BCUT2D eigenvalue weighted by Crippen LogP contribution is -2.30. The fourth-order valence-corrected chi connectivity index (χ4v) is 1.84. The molecule has 1 atom stereocenters. The average molecular weight is 254 g/mol. The Bertz CT molecular complexity index is 435. The normalized spacial score (nSPS) is 13.2. The van der Waals surface area contributed by atoms with Gasteiger partial charge in [-0.05, 0) is 29.5 Å². The van der Waals surface area contributed by atoms with Crippen LogP contribution in [0.5, 0.6) is 5.75 Å². The molecule has 1 aromatic rings. The zero-order valence-electron chi connectivity index (χ0n) is 11.2. The van der Waals surface area contributed by atoms with E-state index in [4.69, 9.17) is 4.74 Å². The molecule has 0 saturated heterocycles. The number of rotatable bonds is 4. The van der Waals surface area contributed by atoms with Crippen molar-refractivity contribution >= 4 is 5.97 Å². The number of hydrogen-bond donors (Lipinski definition) is 1. The van der Waals surface area contributed by atoms with E-state index in [-0.39, 0.29) is 11.2 Å². The summed E-state index contributed by atoms with van der Waals surface area (Å²) >= 11 is 0. The molecule has 1 aromatic carbocycles. The van der Waals surface area contributed by atoms with Crippen LogP contribution in [0.25, 0.3) is 0 Å². The van der Waals surface area contributed by atoms with Gasteiger partial charge in [0, 0.05) is 0 Å². The van der Waals surface area contributed by atoms with Gasteiger partial charge in [-0.25, -0.2) is 4.39 Å². The highest BCUT2D eigenvalue weighted by Crippen LogP contribution is 2.30. The van der Waals surface area contributed by atoms with E-state index < -0.39 is 17.7 Å². The summed E-state index contributed by atoms with van der Waals surface area (Å²) in [6.45, 7) is 5.60. The summed E-state index contributed by atoms with van der Waals surface area (Å²) < 4.78 is 18.4. The van der Waals surface area contributed by atoms with E-state index in [0.29, 0.717) is 12.0 Å². The Hall–Kier alpha value is -1.58. The topological polar surface area (TPSA) is 46.5 Å². The van der Waals surface area contributed by atoms with Crippen LogP contribution in [0.4, 0.5) is 4.39 Å². The maximum atomic E-state index is 13.5. The molecule has 100 valence electrons. The number of aliphatic carboxylic acids is 1. The van der Waals surface area contributed by atoms with Gasteiger partial charge in [-0.15, -0.1) is 0 Å². The summed E-state index contributed by atoms with van der Waals surface area (Å²) in [5.41, 5.74) is 0.290. The van der Waals surface area contributed by atoms with Crippen molar-refractivity contribution < 1.29 is 19.0 Å². The predicted molar refractivity (Wildman–Crippen MR) is 67.2 cm³/mol. The number of ether oxygens (including phenoxy) is 1. The Morgan fingerprint density at radius 3 is 2.44 bits per heavy atom. The highest BCUT2D eigenvalue weighted by atomic mass is 19.1. The van der Waals surface area contributed by atoms with Gasteiger partial charge in [0.25, 0.3) is 0 Å². The van der Waals surface area contributed by atoms with E-state index in [1.54, 1.807) is 6.07 Å². The molecule has 0 amide bonds. The maximum Gasteiger partial charge on any atom is 0.307 e. The van der Waals surface area contributed by atoms with Crippen molar-refractivity contribution in [1.82, 2.24) is 0 Å². The van der Waals surface area contributed by atoms with Crippen LogP contribution in [0.2, 0.25) is 0 Å². The molecule has 1 rings (SSSR count). The molecule has 0 radical (unpaired) electrons. The van der Waals surface area contributed by atoms with Crippen LogP contribution in [0.3, 0.4) is 0 Å². The molecular formula is C14H19FO3. The third-order valence-corrected chi connectivity index (χ3v) is 3.00. The van der Waals surface area contributed by atoms with Crippen LogP contribution in [0.15, 0.2) is 18.2 Å². The van der Waals surface area contributed by atoms with Gasteiger partial charge in [-0.2, -0.15) is 0 Å². The molecule has 1 unspecified atom stereocenters. The van der Waals surface area contributed by atoms with Gasteiger partial charge in [0.2, 0.25) is 0 Å². The van der Waals surface area contributed by atoms with Gasteiger partial charge >= 0.3 is 5.97 Å². The molecule has 0 fully saturated rings. The van der Waals surface area contributed by atoms with Crippen molar-refractivity contribution in [2.75, 3.05) is 7.11 Å². The zero-order valence-corrected chi connectivity index (χ0v) is 11.2. The van der Waals surface area contributed by atoms with Gasteiger partial charge < -0.3 is 9.84 Å². The lowest BCUT2D eigenvalue weighted by Gasteiger charge is -2.27. The van der Waals surface area contributed by atoms with Crippen LogP contribution in [0, 0.1) is 17.2 Å². The van der Waals surface area contributed by atoms with E-state index in [1.165, 1.54) is 19.2 Å². The first kappa shape index (κ1) is 14.5. The van der Waals surface area contributed by atoms with Crippen molar-refractivity contribution in [2.24, 2.45) is 11.3 Å². The van der Waals surface area contributed by atoms with Gasteiger partial charge in [0.1, 0.15) is 0 Å². The van der Waals surface area contributed by atoms with Gasteiger partial charge in [0.15, 0.2) is 11.6 Å². The lowest BCUT2D eigenvalue weighted by atomic mass is 9.77. The molecule has 0 aliphatic heterocycles. The number of halogens is 1. The molecule has 0 bridgehead atoms. The first-order chi connectivity index (χ1) is 8.25. The highest BCUT2D eigenvalue weighted by Gasteiger charge is 2.31. The Morgan fingerprint density at radius 1 is 1.44 bits per heavy atom. The summed E-state index contributed by atoms with van der Waals surface area (Å²) in [6.07, 6.45) is 0.305. The molecule has 4 heteroatoms. The second-order valence-corrected chi connectivity index (χ2v) is 5.43. The summed E-state index contributed by atoms with van der Waals surface area (Å²) in [6, 6.07) is 4.55.